The Morgan fingerprint density at radius 1 is 1.23 bits per heavy atom. The van der Waals surface area contributed by atoms with E-state index >= 15 is 0 Å². The molecule has 11 heteroatoms. The number of pyridine rings is 1. The van der Waals surface area contributed by atoms with E-state index in [9.17, 15) is 23.2 Å². The van der Waals surface area contributed by atoms with Crippen LogP contribution in [0.2, 0.25) is 0 Å². The standard InChI is InChI=1S/C15H10F2N4O4.ClH/c16-8-2-1-7(3-9(8)17)10-4-11(22)13(14-19-6-20-21(10)14)15(25)18-5-12(23)24;/h1-4,6H,5H2,(H,18,25)(H,19,20)(H,23,24);1H. The Bertz CT molecular complexity index is 1060. The number of rotatable bonds is 4. The molecule has 2 heterocycles. The van der Waals surface area contributed by atoms with Crippen LogP contribution in [0.15, 0.2) is 35.4 Å². The SMILES string of the molecule is Cl.O=C(O)CNC(=O)c1c(=O)cc(-c2ccc(F)c(F)c2)n2[nH]cnc12. The lowest BCUT2D eigenvalue weighted by atomic mass is 10.1. The minimum atomic E-state index is -1.27. The van der Waals surface area contributed by atoms with E-state index < -0.39 is 35.5 Å². The second-order valence-electron chi connectivity index (χ2n) is 5.02. The predicted molar refractivity (Wildman–Crippen MR) is 88.4 cm³/mol. The first-order valence-corrected chi connectivity index (χ1v) is 6.93. The molecule has 1 aromatic carbocycles. The van der Waals surface area contributed by atoms with Crippen LogP contribution in [0.25, 0.3) is 16.9 Å². The van der Waals surface area contributed by atoms with Gasteiger partial charge in [-0.15, -0.1) is 12.4 Å². The van der Waals surface area contributed by atoms with Gasteiger partial charge >= 0.3 is 5.97 Å². The molecule has 3 rings (SSSR count). The summed E-state index contributed by atoms with van der Waals surface area (Å²) in [5, 5.41) is 13.4. The van der Waals surface area contributed by atoms with Gasteiger partial charge in [0, 0.05) is 11.6 Å². The van der Waals surface area contributed by atoms with E-state index in [0.717, 1.165) is 18.2 Å². The zero-order chi connectivity index (χ0) is 18.1. The molecule has 136 valence electrons. The largest absolute Gasteiger partial charge is 0.480 e. The van der Waals surface area contributed by atoms with Crippen molar-refractivity contribution in [3.8, 4) is 11.3 Å². The molecule has 26 heavy (non-hydrogen) atoms. The highest BCUT2D eigenvalue weighted by molar-refractivity contribution is 6.01. The molecule has 0 fully saturated rings. The molecule has 0 aliphatic carbocycles. The molecule has 0 spiro atoms. The highest BCUT2D eigenvalue weighted by atomic mass is 35.5. The van der Waals surface area contributed by atoms with Crippen molar-refractivity contribution in [2.24, 2.45) is 0 Å². The van der Waals surface area contributed by atoms with Gasteiger partial charge in [-0.1, -0.05) is 0 Å². The summed E-state index contributed by atoms with van der Waals surface area (Å²) in [4.78, 5) is 38.8. The summed E-state index contributed by atoms with van der Waals surface area (Å²) >= 11 is 0. The summed E-state index contributed by atoms with van der Waals surface area (Å²) in [6.07, 6.45) is 1.20. The fraction of sp³-hybridized carbons (Fsp3) is 0.0667. The van der Waals surface area contributed by atoms with Crippen LogP contribution in [0.4, 0.5) is 8.78 Å². The number of aliphatic carboxylic acids is 1. The molecule has 0 aliphatic rings. The van der Waals surface area contributed by atoms with Gasteiger partial charge < -0.3 is 10.4 Å². The number of amides is 1. The maximum absolute atomic E-state index is 13.5. The van der Waals surface area contributed by atoms with Crippen molar-refractivity contribution >= 4 is 29.9 Å². The number of benzene rings is 1. The number of H-pyrrole nitrogens is 1. The number of carbonyl (C=O) groups is 2. The van der Waals surface area contributed by atoms with Gasteiger partial charge in [-0.25, -0.2) is 18.3 Å². The predicted octanol–water partition coefficient (Wildman–Crippen LogP) is 1.20. The van der Waals surface area contributed by atoms with Crippen molar-refractivity contribution in [2.45, 2.75) is 0 Å². The third kappa shape index (κ3) is 3.40. The average Bonchev–Trinajstić information content (AvgIpc) is 3.03. The fourth-order valence-corrected chi connectivity index (χ4v) is 2.32. The first kappa shape index (κ1) is 19.1. The Kier molecular flexibility index (Phi) is 5.36. The summed E-state index contributed by atoms with van der Waals surface area (Å²) in [6, 6.07) is 4.13. The lowest BCUT2D eigenvalue weighted by Crippen LogP contribution is -2.33. The maximum atomic E-state index is 13.5. The zero-order valence-corrected chi connectivity index (χ0v) is 13.6. The van der Waals surface area contributed by atoms with Crippen molar-refractivity contribution in [1.29, 1.82) is 0 Å². The van der Waals surface area contributed by atoms with Gasteiger partial charge in [-0.05, 0) is 18.2 Å². The molecule has 0 saturated carbocycles. The quantitative estimate of drug-likeness (QED) is 0.625. The number of hydrogen-bond acceptors (Lipinski definition) is 4. The van der Waals surface area contributed by atoms with Gasteiger partial charge in [0.15, 0.2) is 22.7 Å². The molecule has 0 bridgehead atoms. The third-order valence-corrected chi connectivity index (χ3v) is 3.41. The molecule has 0 atom stereocenters. The summed E-state index contributed by atoms with van der Waals surface area (Å²) in [6.45, 7) is -0.667. The van der Waals surface area contributed by atoms with Crippen molar-refractivity contribution < 1.29 is 23.5 Å². The van der Waals surface area contributed by atoms with E-state index in [1.54, 1.807) is 0 Å². The normalized spacial score (nSPS) is 10.4. The Morgan fingerprint density at radius 3 is 2.62 bits per heavy atom. The molecule has 3 N–H and O–H groups in total. The number of halogens is 3. The molecule has 2 aromatic heterocycles. The van der Waals surface area contributed by atoms with Crippen LogP contribution >= 0.6 is 12.4 Å². The van der Waals surface area contributed by atoms with Crippen LogP contribution < -0.4 is 10.7 Å². The average molecular weight is 385 g/mol. The Balaban J connectivity index is 0.00000243. The first-order chi connectivity index (χ1) is 11.9. The van der Waals surface area contributed by atoms with Crippen molar-refractivity contribution in [3.63, 3.8) is 0 Å². The van der Waals surface area contributed by atoms with Crippen molar-refractivity contribution in [1.82, 2.24) is 19.9 Å². The summed E-state index contributed by atoms with van der Waals surface area (Å²) in [5.74, 6) is -4.32. The van der Waals surface area contributed by atoms with E-state index in [1.807, 2.05) is 0 Å². The van der Waals surface area contributed by atoms with Gasteiger partial charge in [0.05, 0.1) is 5.69 Å². The maximum Gasteiger partial charge on any atom is 0.322 e. The molecule has 1 amide bonds. The van der Waals surface area contributed by atoms with Crippen LogP contribution in [0.1, 0.15) is 10.4 Å². The number of aromatic amines is 1. The number of aromatic nitrogens is 3. The van der Waals surface area contributed by atoms with Gasteiger partial charge in [0.25, 0.3) is 5.91 Å². The van der Waals surface area contributed by atoms with Gasteiger partial charge in [0.1, 0.15) is 18.4 Å². The Morgan fingerprint density at radius 2 is 1.96 bits per heavy atom. The van der Waals surface area contributed by atoms with E-state index in [0.29, 0.717) is 0 Å². The van der Waals surface area contributed by atoms with E-state index in [-0.39, 0.29) is 34.9 Å². The number of carboxylic acid groups (broad SMARTS) is 1. The smallest absolute Gasteiger partial charge is 0.322 e. The van der Waals surface area contributed by atoms with Gasteiger partial charge in [0.2, 0.25) is 0 Å². The van der Waals surface area contributed by atoms with Crippen LogP contribution in [0.3, 0.4) is 0 Å². The number of nitrogens with zero attached hydrogens (tertiary/aromatic N) is 2. The minimum Gasteiger partial charge on any atom is -0.480 e. The van der Waals surface area contributed by atoms with E-state index in [2.05, 4.69) is 15.4 Å². The lowest BCUT2D eigenvalue weighted by Gasteiger charge is -2.08. The van der Waals surface area contributed by atoms with Gasteiger partial charge in [-0.2, -0.15) is 0 Å². The summed E-state index contributed by atoms with van der Waals surface area (Å²) in [5.41, 5.74) is -0.836. The third-order valence-electron chi connectivity index (χ3n) is 3.41. The highest BCUT2D eigenvalue weighted by Gasteiger charge is 2.20. The van der Waals surface area contributed by atoms with Crippen molar-refractivity contribution in [2.75, 3.05) is 6.54 Å². The lowest BCUT2D eigenvalue weighted by molar-refractivity contribution is -0.135. The number of carbonyl (C=O) groups excluding carboxylic acids is 1. The van der Waals surface area contributed by atoms with Crippen LogP contribution in [0.5, 0.6) is 0 Å². The van der Waals surface area contributed by atoms with Crippen LogP contribution in [-0.2, 0) is 4.79 Å². The number of carboxylic acids is 1. The summed E-state index contributed by atoms with van der Waals surface area (Å²) in [7, 11) is 0. The van der Waals surface area contributed by atoms with Crippen molar-refractivity contribution in [3.05, 3.63) is 58.0 Å². The monoisotopic (exact) mass is 384 g/mol. The first-order valence-electron chi connectivity index (χ1n) is 6.93. The van der Waals surface area contributed by atoms with Crippen LogP contribution in [-0.4, -0.2) is 38.1 Å². The highest BCUT2D eigenvalue weighted by Crippen LogP contribution is 2.21. The molecule has 0 aliphatic heterocycles. The Hall–Kier alpha value is -3.27. The Labute approximate surface area is 149 Å². The molecular weight excluding hydrogens is 374 g/mol. The number of fused-ring (bicyclic) bond motifs is 1. The molecule has 8 nitrogen and oxygen atoms in total. The molecule has 0 radical (unpaired) electrons. The fourth-order valence-electron chi connectivity index (χ4n) is 2.32. The molecule has 3 aromatic rings. The molecular formula is C15H11ClF2N4O4. The second kappa shape index (κ2) is 7.31. The molecule has 0 unspecified atom stereocenters. The topological polar surface area (TPSA) is 117 Å². The van der Waals surface area contributed by atoms with E-state index in [1.165, 1.54) is 16.9 Å². The molecule has 0 saturated heterocycles. The van der Waals surface area contributed by atoms with Crippen LogP contribution in [0, 0.1) is 11.6 Å². The van der Waals surface area contributed by atoms with E-state index in [4.69, 9.17) is 5.11 Å². The second-order valence-corrected chi connectivity index (χ2v) is 5.02. The summed E-state index contributed by atoms with van der Waals surface area (Å²) < 4.78 is 27.8. The number of hydrogen-bond donors (Lipinski definition) is 3. The number of nitrogens with one attached hydrogen (secondary N) is 2. The zero-order valence-electron chi connectivity index (χ0n) is 12.8. The van der Waals surface area contributed by atoms with Gasteiger partial charge in [-0.3, -0.25) is 19.5 Å². The minimum absolute atomic E-state index is 0.